The molecule has 6 aromatic rings. The maximum atomic E-state index is 13.8. The molecule has 1 aliphatic carbocycles. The molecule has 11 heteroatoms. The fraction of sp³-hybridized carbons (Fsp3) is 0.314. The standard InChI is InChI=1S/C35H33ClFN5O4/c1-2-41-20-38-17-25(41)18-42-30-15-23(35(43)44)11-13-29(30)39-32(42)14-21-6-8-22(9-7-21)28-4-3-5-33(40-28)45-19-24-10-12-27(36)26-16-31(37)46-34(24)26/h3-5,10-13,15-17,20-22H,2,6-9,14,18-19H2,1H3,(H,43,44). The van der Waals surface area contributed by atoms with Gasteiger partial charge < -0.3 is 23.4 Å². The summed E-state index contributed by atoms with van der Waals surface area (Å²) in [6, 6.07) is 15.1. The molecule has 0 unspecified atom stereocenters. The second-order valence-electron chi connectivity index (χ2n) is 11.9. The number of nitrogens with zero attached hydrogens (tertiary/aromatic N) is 5. The van der Waals surface area contributed by atoms with E-state index in [-0.39, 0.29) is 12.2 Å². The zero-order valence-corrected chi connectivity index (χ0v) is 26.1. The van der Waals surface area contributed by atoms with Gasteiger partial charge in [0.2, 0.25) is 5.88 Å². The van der Waals surface area contributed by atoms with Crippen molar-refractivity contribution in [3.8, 4) is 5.88 Å². The third kappa shape index (κ3) is 5.97. The lowest BCUT2D eigenvalue weighted by atomic mass is 9.79. The largest absolute Gasteiger partial charge is 0.478 e. The predicted molar refractivity (Wildman–Crippen MR) is 172 cm³/mol. The molecule has 4 aromatic heterocycles. The highest BCUT2D eigenvalue weighted by Crippen LogP contribution is 2.37. The number of fused-ring (bicyclic) bond motifs is 2. The number of carbonyl (C=O) groups is 1. The second-order valence-corrected chi connectivity index (χ2v) is 12.3. The first-order valence-corrected chi connectivity index (χ1v) is 15.9. The van der Waals surface area contributed by atoms with E-state index in [2.05, 4.69) is 27.1 Å². The van der Waals surface area contributed by atoms with Crippen LogP contribution in [0.3, 0.4) is 0 Å². The van der Waals surface area contributed by atoms with E-state index in [1.54, 1.807) is 30.3 Å². The minimum Gasteiger partial charge on any atom is -0.478 e. The number of rotatable bonds is 10. The number of hydrogen-bond donors (Lipinski definition) is 1. The first kappa shape index (κ1) is 30.0. The predicted octanol–water partition coefficient (Wildman–Crippen LogP) is 8.03. The molecule has 4 heterocycles. The lowest BCUT2D eigenvalue weighted by Crippen LogP contribution is -2.18. The second kappa shape index (κ2) is 12.6. The Morgan fingerprint density at radius 1 is 1.11 bits per heavy atom. The van der Waals surface area contributed by atoms with Gasteiger partial charge in [-0.05, 0) is 68.9 Å². The first-order valence-electron chi connectivity index (χ1n) is 15.5. The van der Waals surface area contributed by atoms with Crippen molar-refractivity contribution in [1.82, 2.24) is 24.1 Å². The molecular weight excluding hydrogens is 609 g/mol. The number of hydrogen-bond acceptors (Lipinski definition) is 6. The Hall–Kier alpha value is -4.70. The molecule has 0 aliphatic heterocycles. The Kier molecular flexibility index (Phi) is 8.21. The van der Waals surface area contributed by atoms with Gasteiger partial charge in [0.15, 0.2) is 0 Å². The van der Waals surface area contributed by atoms with E-state index >= 15 is 0 Å². The van der Waals surface area contributed by atoms with Crippen molar-refractivity contribution in [2.75, 3.05) is 0 Å². The van der Waals surface area contributed by atoms with Crippen molar-refractivity contribution in [2.24, 2.45) is 5.92 Å². The third-order valence-electron chi connectivity index (χ3n) is 9.07. The Balaban J connectivity index is 1.04. The van der Waals surface area contributed by atoms with Crippen LogP contribution >= 0.6 is 11.6 Å². The summed E-state index contributed by atoms with van der Waals surface area (Å²) in [5.41, 5.74) is 5.00. The molecule has 236 valence electrons. The summed E-state index contributed by atoms with van der Waals surface area (Å²) >= 11 is 6.20. The third-order valence-corrected chi connectivity index (χ3v) is 9.40. The summed E-state index contributed by atoms with van der Waals surface area (Å²) in [5, 5.41) is 10.6. The number of aryl methyl sites for hydroxylation is 1. The molecular formula is C35H33ClFN5O4. The highest BCUT2D eigenvalue weighted by Gasteiger charge is 2.26. The lowest BCUT2D eigenvalue weighted by molar-refractivity contribution is 0.0697. The molecule has 1 fully saturated rings. The van der Waals surface area contributed by atoms with Gasteiger partial charge in [-0.15, -0.1) is 0 Å². The van der Waals surface area contributed by atoms with Crippen molar-refractivity contribution in [1.29, 1.82) is 0 Å². The summed E-state index contributed by atoms with van der Waals surface area (Å²) in [4.78, 5) is 25.9. The van der Waals surface area contributed by atoms with Gasteiger partial charge in [-0.3, -0.25) is 0 Å². The molecule has 0 bridgehead atoms. The number of furan rings is 1. The van der Waals surface area contributed by atoms with Crippen LogP contribution in [-0.4, -0.2) is 35.2 Å². The zero-order chi connectivity index (χ0) is 31.8. The van der Waals surface area contributed by atoms with Gasteiger partial charge in [0.05, 0.1) is 40.2 Å². The Morgan fingerprint density at radius 2 is 1.96 bits per heavy atom. The van der Waals surface area contributed by atoms with Crippen LogP contribution in [0.1, 0.15) is 71.7 Å². The zero-order valence-electron chi connectivity index (χ0n) is 25.3. The van der Waals surface area contributed by atoms with Gasteiger partial charge in [-0.2, -0.15) is 4.39 Å². The van der Waals surface area contributed by atoms with Crippen molar-refractivity contribution >= 4 is 39.6 Å². The molecule has 1 N–H and O–H groups in total. The van der Waals surface area contributed by atoms with E-state index in [4.69, 9.17) is 30.7 Å². The molecule has 0 spiro atoms. The maximum Gasteiger partial charge on any atom is 0.335 e. The topological polar surface area (TPSA) is 108 Å². The number of imidazole rings is 2. The normalized spacial score (nSPS) is 16.8. The minimum absolute atomic E-state index is 0.178. The van der Waals surface area contributed by atoms with Gasteiger partial charge in [0, 0.05) is 53.9 Å². The van der Waals surface area contributed by atoms with E-state index in [9.17, 15) is 14.3 Å². The van der Waals surface area contributed by atoms with Crippen molar-refractivity contribution < 1.29 is 23.4 Å². The molecule has 2 aromatic carbocycles. The fourth-order valence-electron chi connectivity index (χ4n) is 6.61. The SMILES string of the molecule is CCn1cncc1Cn1c(CC2CCC(c3cccc(OCc4ccc(Cl)c5cc(F)oc45)n3)CC2)nc2ccc(C(=O)O)cc21. The molecule has 7 rings (SSSR count). The molecule has 1 saturated carbocycles. The van der Waals surface area contributed by atoms with Crippen LogP contribution in [0.5, 0.6) is 5.88 Å². The van der Waals surface area contributed by atoms with Gasteiger partial charge >= 0.3 is 5.97 Å². The van der Waals surface area contributed by atoms with Crippen LogP contribution in [0.2, 0.25) is 5.02 Å². The summed E-state index contributed by atoms with van der Waals surface area (Å²) in [7, 11) is 0. The van der Waals surface area contributed by atoms with Crippen LogP contribution in [0.25, 0.3) is 22.0 Å². The number of carboxylic acids is 1. The van der Waals surface area contributed by atoms with Crippen LogP contribution in [0.15, 0.2) is 71.5 Å². The summed E-state index contributed by atoms with van der Waals surface area (Å²) in [5.74, 6) is 1.28. The number of pyridine rings is 1. The van der Waals surface area contributed by atoms with Gasteiger partial charge in [-0.1, -0.05) is 23.7 Å². The Morgan fingerprint density at radius 3 is 2.76 bits per heavy atom. The van der Waals surface area contributed by atoms with Gasteiger partial charge in [0.25, 0.3) is 6.01 Å². The van der Waals surface area contributed by atoms with E-state index in [0.29, 0.717) is 45.8 Å². The van der Waals surface area contributed by atoms with Crippen molar-refractivity contribution in [3.05, 3.63) is 106 Å². The molecule has 0 radical (unpaired) electrons. The van der Waals surface area contributed by atoms with Crippen LogP contribution in [0.4, 0.5) is 4.39 Å². The number of aromatic nitrogens is 5. The molecule has 0 amide bonds. The summed E-state index contributed by atoms with van der Waals surface area (Å²) < 4.78 is 29.3. The summed E-state index contributed by atoms with van der Waals surface area (Å²) in [6.07, 6.45) is 8.55. The molecule has 9 nitrogen and oxygen atoms in total. The Labute approximate surface area is 269 Å². The van der Waals surface area contributed by atoms with Crippen LogP contribution in [-0.2, 0) is 26.1 Å². The van der Waals surface area contributed by atoms with Crippen molar-refractivity contribution in [2.45, 2.75) is 64.6 Å². The van der Waals surface area contributed by atoms with Crippen molar-refractivity contribution in [3.63, 3.8) is 0 Å². The Bertz CT molecular complexity index is 2040. The number of carboxylic acid groups (broad SMARTS) is 1. The van der Waals surface area contributed by atoms with E-state index < -0.39 is 12.0 Å². The average molecular weight is 642 g/mol. The van der Waals surface area contributed by atoms with Crippen LogP contribution < -0.4 is 4.74 Å². The lowest BCUT2D eigenvalue weighted by Gasteiger charge is -2.28. The first-order chi connectivity index (χ1) is 22.4. The quantitative estimate of drug-likeness (QED) is 0.161. The molecule has 0 atom stereocenters. The maximum absolute atomic E-state index is 13.8. The number of aromatic carboxylic acids is 1. The van der Waals surface area contributed by atoms with Crippen LogP contribution in [0, 0.1) is 11.9 Å². The summed E-state index contributed by atoms with van der Waals surface area (Å²) in [6.45, 7) is 3.63. The number of benzene rings is 2. The average Bonchev–Trinajstić information content (AvgIpc) is 3.78. The fourth-order valence-corrected chi connectivity index (χ4v) is 6.81. The smallest absolute Gasteiger partial charge is 0.335 e. The molecule has 1 aliphatic rings. The monoisotopic (exact) mass is 641 g/mol. The van der Waals surface area contributed by atoms with Gasteiger partial charge in [0.1, 0.15) is 18.0 Å². The van der Waals surface area contributed by atoms with E-state index in [0.717, 1.165) is 66.9 Å². The highest BCUT2D eigenvalue weighted by molar-refractivity contribution is 6.35. The van der Waals surface area contributed by atoms with Gasteiger partial charge in [-0.25, -0.2) is 19.7 Å². The molecule has 0 saturated heterocycles. The number of halogens is 2. The van der Waals surface area contributed by atoms with E-state index in [1.807, 2.05) is 24.7 Å². The minimum atomic E-state index is -0.952. The molecule has 46 heavy (non-hydrogen) atoms. The van der Waals surface area contributed by atoms with E-state index in [1.165, 1.54) is 6.07 Å². The number of ether oxygens (including phenoxy) is 1. The highest BCUT2D eigenvalue weighted by atomic mass is 35.5.